The number of hydrogen-bond acceptors (Lipinski definition) is 4. The molecule has 1 N–H and O–H groups in total. The number of benzene rings is 2. The van der Waals surface area contributed by atoms with Gasteiger partial charge >= 0.3 is 5.63 Å². The van der Waals surface area contributed by atoms with Gasteiger partial charge in [0.1, 0.15) is 17.2 Å². The average Bonchev–Trinajstić information content (AvgIpc) is 2.94. The third-order valence-corrected chi connectivity index (χ3v) is 3.98. The van der Waals surface area contributed by atoms with Crippen molar-refractivity contribution in [3.05, 3.63) is 69.7 Å². The zero-order valence-electron chi connectivity index (χ0n) is 11.3. The van der Waals surface area contributed by atoms with Gasteiger partial charge in [-0.25, -0.2) is 4.79 Å². The summed E-state index contributed by atoms with van der Waals surface area (Å²) in [6, 6.07) is 15.0. The highest BCUT2D eigenvalue weighted by atomic mass is 79.9. The molecule has 2 aromatic carbocycles. The largest absolute Gasteiger partial charge is 0.461 e. The maximum atomic E-state index is 12.2. The molecule has 0 aliphatic rings. The molecular weight excluding hydrogens is 346 g/mol. The van der Waals surface area contributed by atoms with Gasteiger partial charge in [-0.05, 0) is 36.4 Å². The molecule has 2 heterocycles. The Balaban J connectivity index is 1.90. The lowest BCUT2D eigenvalue weighted by molar-refractivity contribution is 0.564. The maximum absolute atomic E-state index is 12.2. The van der Waals surface area contributed by atoms with Gasteiger partial charge in [0, 0.05) is 10.2 Å². The van der Waals surface area contributed by atoms with E-state index in [1.807, 2.05) is 42.5 Å². The van der Waals surface area contributed by atoms with Crippen molar-refractivity contribution in [2.45, 2.75) is 0 Å². The minimum absolute atomic E-state index is 0.415. The van der Waals surface area contributed by atoms with E-state index in [0.717, 1.165) is 15.5 Å². The van der Waals surface area contributed by atoms with Crippen LogP contribution in [0.25, 0.3) is 21.9 Å². The molecular formula is C17H10BrNO3. The van der Waals surface area contributed by atoms with Crippen molar-refractivity contribution < 1.29 is 8.83 Å². The van der Waals surface area contributed by atoms with Crippen LogP contribution in [0.15, 0.2) is 72.9 Å². The molecule has 108 valence electrons. The number of furan rings is 1. The van der Waals surface area contributed by atoms with Gasteiger partial charge in [0.15, 0.2) is 5.58 Å². The summed E-state index contributed by atoms with van der Waals surface area (Å²) in [7, 11) is 0. The summed E-state index contributed by atoms with van der Waals surface area (Å²) in [5, 5.41) is 4.38. The van der Waals surface area contributed by atoms with Crippen molar-refractivity contribution in [1.82, 2.24) is 0 Å². The number of nitrogens with one attached hydrogen (secondary N) is 1. The van der Waals surface area contributed by atoms with Crippen molar-refractivity contribution in [1.29, 1.82) is 0 Å². The van der Waals surface area contributed by atoms with E-state index in [1.54, 1.807) is 6.07 Å². The number of hydrogen-bond donors (Lipinski definition) is 1. The van der Waals surface area contributed by atoms with E-state index in [2.05, 4.69) is 21.2 Å². The van der Waals surface area contributed by atoms with Crippen molar-refractivity contribution in [3.63, 3.8) is 0 Å². The summed E-state index contributed by atoms with van der Waals surface area (Å²) in [4.78, 5) is 12.2. The quantitative estimate of drug-likeness (QED) is 0.511. The van der Waals surface area contributed by atoms with E-state index >= 15 is 0 Å². The number of halogens is 1. The van der Waals surface area contributed by atoms with Gasteiger partial charge in [0.2, 0.25) is 0 Å². The van der Waals surface area contributed by atoms with E-state index in [0.29, 0.717) is 22.2 Å². The van der Waals surface area contributed by atoms with Gasteiger partial charge in [-0.1, -0.05) is 28.1 Å². The fourth-order valence-corrected chi connectivity index (χ4v) is 2.70. The van der Waals surface area contributed by atoms with Crippen LogP contribution in [0.1, 0.15) is 0 Å². The summed E-state index contributed by atoms with van der Waals surface area (Å²) in [6.07, 6.45) is 1.54. The molecule has 0 bridgehead atoms. The summed E-state index contributed by atoms with van der Waals surface area (Å²) >= 11 is 3.39. The maximum Gasteiger partial charge on any atom is 0.349 e. The molecule has 0 radical (unpaired) electrons. The van der Waals surface area contributed by atoms with Crippen molar-refractivity contribution in [2.75, 3.05) is 5.32 Å². The molecule has 0 amide bonds. The first-order chi connectivity index (χ1) is 10.7. The van der Waals surface area contributed by atoms with Crippen LogP contribution in [0.5, 0.6) is 0 Å². The Bertz CT molecular complexity index is 1030. The smallest absolute Gasteiger partial charge is 0.349 e. The Morgan fingerprint density at radius 3 is 2.59 bits per heavy atom. The lowest BCUT2D eigenvalue weighted by Gasteiger charge is -2.03. The van der Waals surface area contributed by atoms with Crippen molar-refractivity contribution >= 4 is 49.2 Å². The monoisotopic (exact) mass is 355 g/mol. The van der Waals surface area contributed by atoms with E-state index in [9.17, 15) is 4.79 Å². The Kier molecular flexibility index (Phi) is 3.01. The predicted molar refractivity (Wildman–Crippen MR) is 89.7 cm³/mol. The second-order valence-corrected chi connectivity index (χ2v) is 5.79. The topological polar surface area (TPSA) is 55.4 Å². The molecule has 0 aliphatic heterocycles. The number of fused-ring (bicyclic) bond motifs is 3. The summed E-state index contributed by atoms with van der Waals surface area (Å²) in [5.41, 5.74) is 2.09. The predicted octanol–water partition coefficient (Wildman–Crippen LogP) is 5.05. The molecule has 0 aliphatic carbocycles. The van der Waals surface area contributed by atoms with Crippen LogP contribution >= 0.6 is 15.9 Å². The molecule has 4 aromatic rings. The molecule has 5 heteroatoms. The normalized spacial score (nSPS) is 11.1. The van der Waals surface area contributed by atoms with Crippen LogP contribution in [0.3, 0.4) is 0 Å². The summed E-state index contributed by atoms with van der Waals surface area (Å²) < 4.78 is 12.0. The molecule has 2 aromatic heterocycles. The molecule has 4 rings (SSSR count). The molecule has 0 unspecified atom stereocenters. The average molecular weight is 356 g/mol. The van der Waals surface area contributed by atoms with Crippen molar-refractivity contribution in [3.8, 4) is 0 Å². The third-order valence-electron chi connectivity index (χ3n) is 3.45. The highest BCUT2D eigenvalue weighted by molar-refractivity contribution is 9.10. The van der Waals surface area contributed by atoms with Gasteiger partial charge in [0.05, 0.1) is 11.1 Å². The highest BCUT2D eigenvalue weighted by Crippen LogP contribution is 2.31. The lowest BCUT2D eigenvalue weighted by atomic mass is 10.2. The van der Waals surface area contributed by atoms with Crippen LogP contribution in [-0.2, 0) is 0 Å². The molecule has 0 spiro atoms. The van der Waals surface area contributed by atoms with Gasteiger partial charge in [-0.3, -0.25) is 0 Å². The number of anilines is 2. The molecule has 22 heavy (non-hydrogen) atoms. The lowest BCUT2D eigenvalue weighted by Crippen LogP contribution is -2.01. The molecule has 0 saturated heterocycles. The van der Waals surface area contributed by atoms with Gasteiger partial charge in [-0.15, -0.1) is 0 Å². The second kappa shape index (κ2) is 5.03. The Hall–Kier alpha value is -2.53. The molecule has 4 nitrogen and oxygen atoms in total. The minimum atomic E-state index is -0.415. The molecule has 0 fully saturated rings. The zero-order chi connectivity index (χ0) is 15.1. The van der Waals surface area contributed by atoms with Gasteiger partial charge in [-0.2, -0.15) is 0 Å². The van der Waals surface area contributed by atoms with E-state index in [4.69, 9.17) is 8.83 Å². The molecule has 0 saturated carbocycles. The fraction of sp³-hybridized carbons (Fsp3) is 0. The van der Waals surface area contributed by atoms with E-state index in [-0.39, 0.29) is 0 Å². The summed E-state index contributed by atoms with van der Waals surface area (Å²) in [5.74, 6) is 0. The second-order valence-electron chi connectivity index (χ2n) is 4.87. The van der Waals surface area contributed by atoms with Crippen LogP contribution in [0, 0.1) is 0 Å². The Labute approximate surface area is 133 Å². The van der Waals surface area contributed by atoms with Gasteiger partial charge < -0.3 is 14.2 Å². The first kappa shape index (κ1) is 13.2. The van der Waals surface area contributed by atoms with E-state index in [1.165, 1.54) is 6.26 Å². The van der Waals surface area contributed by atoms with Crippen LogP contribution in [0.4, 0.5) is 11.4 Å². The van der Waals surface area contributed by atoms with Crippen molar-refractivity contribution in [2.24, 2.45) is 0 Å². The first-order valence-electron chi connectivity index (χ1n) is 6.68. The summed E-state index contributed by atoms with van der Waals surface area (Å²) in [6.45, 7) is 0. The fourth-order valence-electron chi connectivity index (χ4n) is 2.43. The first-order valence-corrected chi connectivity index (χ1v) is 7.47. The third kappa shape index (κ3) is 2.10. The Morgan fingerprint density at radius 1 is 1.00 bits per heavy atom. The van der Waals surface area contributed by atoms with Crippen LogP contribution in [-0.4, -0.2) is 0 Å². The minimum Gasteiger partial charge on any atom is -0.461 e. The molecule has 0 atom stereocenters. The Morgan fingerprint density at radius 2 is 1.77 bits per heavy atom. The van der Waals surface area contributed by atoms with Crippen LogP contribution < -0.4 is 10.9 Å². The zero-order valence-corrected chi connectivity index (χ0v) is 12.9. The SMILES string of the molecule is O=c1oc2ccccc2c2occ(Nc3ccc(Br)cc3)c12. The number of para-hydroxylation sites is 1. The highest BCUT2D eigenvalue weighted by Gasteiger charge is 2.15. The standard InChI is InChI=1S/C17H10BrNO3/c18-10-5-7-11(8-6-10)19-13-9-21-16-12-3-1-2-4-14(12)22-17(20)15(13)16/h1-9,19H. The van der Waals surface area contributed by atoms with E-state index < -0.39 is 5.63 Å². The van der Waals surface area contributed by atoms with Crippen LogP contribution in [0.2, 0.25) is 0 Å². The van der Waals surface area contributed by atoms with Gasteiger partial charge in [0.25, 0.3) is 0 Å². The number of rotatable bonds is 2.